The largest absolute Gasteiger partial charge is 0.467 e. The molecule has 3 aromatic rings. The number of nitrogens with zero attached hydrogens (tertiary/aromatic N) is 3. The first kappa shape index (κ1) is 27.6. The summed E-state index contributed by atoms with van der Waals surface area (Å²) in [4.78, 5) is 32.2. The highest BCUT2D eigenvalue weighted by Crippen LogP contribution is 2.20. The first-order valence-electron chi connectivity index (χ1n) is 12.6. The Labute approximate surface area is 226 Å². The van der Waals surface area contributed by atoms with E-state index in [9.17, 15) is 14.0 Å². The number of benzene rings is 2. The Morgan fingerprint density at radius 1 is 1.00 bits per heavy atom. The third-order valence-corrected chi connectivity index (χ3v) is 6.66. The van der Waals surface area contributed by atoms with E-state index in [4.69, 9.17) is 20.8 Å². The van der Waals surface area contributed by atoms with Crippen molar-refractivity contribution in [2.24, 2.45) is 0 Å². The number of halogens is 2. The van der Waals surface area contributed by atoms with E-state index in [0.29, 0.717) is 57.3 Å². The van der Waals surface area contributed by atoms with Gasteiger partial charge in [0.15, 0.2) is 0 Å². The number of carbonyl (C=O) groups is 2. The molecular formula is C28H32ClFN4O4. The van der Waals surface area contributed by atoms with Crippen LogP contribution in [0.2, 0.25) is 5.02 Å². The third-order valence-electron chi connectivity index (χ3n) is 6.37. The van der Waals surface area contributed by atoms with Crippen molar-refractivity contribution in [2.45, 2.75) is 13.0 Å². The molecule has 0 bridgehead atoms. The van der Waals surface area contributed by atoms with Gasteiger partial charge in [-0.1, -0.05) is 41.9 Å². The quantitative estimate of drug-likeness (QED) is 0.386. The highest BCUT2D eigenvalue weighted by Gasteiger charge is 2.24. The Bertz CT molecular complexity index is 1170. The monoisotopic (exact) mass is 542 g/mol. The maximum atomic E-state index is 13.6. The molecule has 1 fully saturated rings. The number of carbonyl (C=O) groups excluding carboxylic acids is 2. The summed E-state index contributed by atoms with van der Waals surface area (Å²) in [7, 11) is 0. The summed E-state index contributed by atoms with van der Waals surface area (Å²) in [5.74, 6) is -0.112. The average Bonchev–Trinajstić information content (AvgIpc) is 3.45. The minimum atomic E-state index is -0.573. The van der Waals surface area contributed by atoms with Crippen molar-refractivity contribution >= 4 is 29.2 Å². The highest BCUT2D eigenvalue weighted by molar-refractivity contribution is 6.31. The fourth-order valence-corrected chi connectivity index (χ4v) is 4.35. The normalized spacial score (nSPS) is 13.7. The van der Waals surface area contributed by atoms with Crippen LogP contribution in [-0.4, -0.2) is 79.1 Å². The van der Waals surface area contributed by atoms with Crippen LogP contribution in [0.1, 0.15) is 11.3 Å². The maximum Gasteiger partial charge on any atom is 0.322 e. The summed E-state index contributed by atoms with van der Waals surface area (Å²) in [5.41, 5.74) is 1.46. The molecule has 0 unspecified atom stereocenters. The van der Waals surface area contributed by atoms with Crippen LogP contribution in [-0.2, 0) is 22.5 Å². The molecule has 4 rings (SSSR count). The Balaban J connectivity index is 1.46. The van der Waals surface area contributed by atoms with Gasteiger partial charge in [-0.2, -0.15) is 0 Å². The van der Waals surface area contributed by atoms with Gasteiger partial charge in [-0.3, -0.25) is 9.69 Å². The van der Waals surface area contributed by atoms with Crippen LogP contribution in [0.5, 0.6) is 0 Å². The van der Waals surface area contributed by atoms with Crippen molar-refractivity contribution < 1.29 is 23.1 Å². The van der Waals surface area contributed by atoms with Gasteiger partial charge in [0.2, 0.25) is 5.91 Å². The van der Waals surface area contributed by atoms with Crippen LogP contribution in [0.3, 0.4) is 0 Å². The Hall–Kier alpha value is -3.40. The molecule has 0 radical (unpaired) electrons. The van der Waals surface area contributed by atoms with E-state index in [0.717, 1.165) is 18.7 Å². The average molecular weight is 543 g/mol. The first-order valence-corrected chi connectivity index (χ1v) is 13.0. The first-order chi connectivity index (χ1) is 18.5. The predicted molar refractivity (Wildman–Crippen MR) is 144 cm³/mol. The van der Waals surface area contributed by atoms with E-state index in [1.54, 1.807) is 17.2 Å². The molecule has 1 aliphatic rings. The topological polar surface area (TPSA) is 78.3 Å². The maximum absolute atomic E-state index is 13.6. The van der Waals surface area contributed by atoms with Gasteiger partial charge in [-0.25, -0.2) is 9.18 Å². The fraction of sp³-hybridized carbons (Fsp3) is 0.357. The molecule has 0 atom stereocenters. The SMILES string of the molecule is O=C(CN(CCN1CCOCC1)C(=O)Nc1ccc(F)c(Cl)c1)N(CCc1ccccc1)Cc1ccco1. The molecule has 3 amide bonds. The number of rotatable bonds is 11. The lowest BCUT2D eigenvalue weighted by Crippen LogP contribution is -2.48. The van der Waals surface area contributed by atoms with Crippen LogP contribution >= 0.6 is 11.6 Å². The molecule has 1 N–H and O–H groups in total. The number of hydrogen-bond acceptors (Lipinski definition) is 5. The van der Waals surface area contributed by atoms with Crippen LogP contribution in [0, 0.1) is 5.82 Å². The smallest absolute Gasteiger partial charge is 0.322 e. The van der Waals surface area contributed by atoms with E-state index in [1.807, 2.05) is 36.4 Å². The Morgan fingerprint density at radius 2 is 1.79 bits per heavy atom. The molecule has 0 aliphatic carbocycles. The summed E-state index contributed by atoms with van der Waals surface area (Å²) < 4.78 is 24.5. The summed E-state index contributed by atoms with van der Waals surface area (Å²) in [6, 6.07) is 17.0. The van der Waals surface area contributed by atoms with Gasteiger partial charge in [-0.15, -0.1) is 0 Å². The van der Waals surface area contributed by atoms with E-state index < -0.39 is 11.8 Å². The molecule has 1 saturated heterocycles. The second kappa shape index (κ2) is 13.9. The van der Waals surface area contributed by atoms with E-state index >= 15 is 0 Å². The van der Waals surface area contributed by atoms with Crippen LogP contribution in [0.15, 0.2) is 71.3 Å². The van der Waals surface area contributed by atoms with Crippen LogP contribution < -0.4 is 5.32 Å². The number of hydrogen-bond donors (Lipinski definition) is 1. The van der Waals surface area contributed by atoms with E-state index in [1.165, 1.54) is 23.1 Å². The second-order valence-corrected chi connectivity index (χ2v) is 9.47. The zero-order valence-corrected chi connectivity index (χ0v) is 21.9. The lowest BCUT2D eigenvalue weighted by Gasteiger charge is -2.31. The second-order valence-electron chi connectivity index (χ2n) is 9.06. The van der Waals surface area contributed by atoms with Crippen molar-refractivity contribution in [1.82, 2.24) is 14.7 Å². The van der Waals surface area contributed by atoms with E-state index in [-0.39, 0.29) is 17.5 Å². The number of anilines is 1. The minimum absolute atomic E-state index is 0.0933. The molecular weight excluding hydrogens is 511 g/mol. The molecule has 2 aromatic carbocycles. The van der Waals surface area contributed by atoms with Crippen molar-refractivity contribution in [2.75, 3.05) is 57.8 Å². The highest BCUT2D eigenvalue weighted by atomic mass is 35.5. The summed E-state index contributed by atoms with van der Waals surface area (Å²) >= 11 is 5.89. The molecule has 8 nitrogen and oxygen atoms in total. The van der Waals surface area contributed by atoms with Crippen molar-refractivity contribution in [3.05, 3.63) is 89.1 Å². The predicted octanol–water partition coefficient (Wildman–Crippen LogP) is 4.51. The third kappa shape index (κ3) is 8.31. The van der Waals surface area contributed by atoms with Crippen molar-refractivity contribution in [1.29, 1.82) is 0 Å². The van der Waals surface area contributed by atoms with Crippen LogP contribution in [0.25, 0.3) is 0 Å². The van der Waals surface area contributed by atoms with E-state index in [2.05, 4.69) is 10.2 Å². The van der Waals surface area contributed by atoms with Gasteiger partial charge < -0.3 is 24.3 Å². The Kier molecular flexibility index (Phi) is 10.1. The lowest BCUT2D eigenvalue weighted by atomic mass is 10.1. The van der Waals surface area contributed by atoms with Gasteiger partial charge in [0.05, 0.1) is 31.0 Å². The number of amides is 3. The summed E-state index contributed by atoms with van der Waals surface area (Å²) in [6.45, 7) is 4.36. The van der Waals surface area contributed by atoms with Crippen molar-refractivity contribution in [3.63, 3.8) is 0 Å². The van der Waals surface area contributed by atoms with Crippen molar-refractivity contribution in [3.8, 4) is 0 Å². The summed E-state index contributed by atoms with van der Waals surface area (Å²) in [5, 5.41) is 2.66. The van der Waals surface area contributed by atoms with Gasteiger partial charge in [0.25, 0.3) is 0 Å². The number of furan rings is 1. The summed E-state index contributed by atoms with van der Waals surface area (Å²) in [6.07, 6.45) is 2.24. The van der Waals surface area contributed by atoms with Gasteiger partial charge in [-0.05, 0) is 42.3 Å². The number of nitrogens with one attached hydrogen (secondary N) is 1. The number of urea groups is 1. The molecule has 2 heterocycles. The molecule has 38 heavy (non-hydrogen) atoms. The minimum Gasteiger partial charge on any atom is -0.467 e. The molecule has 0 saturated carbocycles. The van der Waals surface area contributed by atoms with Crippen LogP contribution in [0.4, 0.5) is 14.9 Å². The zero-order valence-electron chi connectivity index (χ0n) is 21.2. The molecule has 1 aliphatic heterocycles. The van der Waals surface area contributed by atoms with Gasteiger partial charge >= 0.3 is 6.03 Å². The molecule has 0 spiro atoms. The molecule has 202 valence electrons. The lowest BCUT2D eigenvalue weighted by molar-refractivity contribution is -0.132. The Morgan fingerprint density at radius 3 is 2.50 bits per heavy atom. The molecule has 10 heteroatoms. The number of ether oxygens (including phenoxy) is 1. The zero-order chi connectivity index (χ0) is 26.7. The fourth-order valence-electron chi connectivity index (χ4n) is 4.17. The van der Waals surface area contributed by atoms with Gasteiger partial charge in [0, 0.05) is 38.4 Å². The molecule has 1 aromatic heterocycles. The number of morpholine rings is 1. The van der Waals surface area contributed by atoms with Gasteiger partial charge in [0.1, 0.15) is 18.1 Å². The standard InChI is InChI=1S/C28H32ClFN4O4/c29-25-19-23(8-9-26(25)30)31-28(36)34(13-12-32-14-17-37-18-15-32)21-27(35)33(20-24-7-4-16-38-24)11-10-22-5-2-1-3-6-22/h1-9,16,19H,10-15,17-18,20-21H2,(H,31,36).